The maximum absolute atomic E-state index is 6.14. The maximum atomic E-state index is 6.14. The Bertz CT molecular complexity index is 445. The lowest BCUT2D eigenvalue weighted by Crippen LogP contribution is -2.54. The van der Waals surface area contributed by atoms with Crippen molar-refractivity contribution in [3.63, 3.8) is 0 Å². The number of nitrogens with zero attached hydrogens (tertiary/aromatic N) is 1. The summed E-state index contributed by atoms with van der Waals surface area (Å²) in [4.78, 5) is 2.43. The van der Waals surface area contributed by atoms with Crippen LogP contribution in [0.5, 0.6) is 5.75 Å². The third-order valence-corrected chi connectivity index (χ3v) is 4.27. The van der Waals surface area contributed by atoms with Crippen LogP contribution in [0.3, 0.4) is 0 Å². The summed E-state index contributed by atoms with van der Waals surface area (Å²) in [7, 11) is 0. The SMILES string of the molecule is Cc1cccc(C)c1OC1CN(CCC2COCCO2)C1. The molecule has 0 radical (unpaired) electrons. The summed E-state index contributed by atoms with van der Waals surface area (Å²) >= 11 is 0. The molecule has 1 aromatic carbocycles. The molecule has 21 heavy (non-hydrogen) atoms. The van der Waals surface area contributed by atoms with Gasteiger partial charge in [-0.15, -0.1) is 0 Å². The Labute approximate surface area is 127 Å². The minimum atomic E-state index is 0.275. The Hall–Kier alpha value is -1.10. The number of rotatable bonds is 5. The van der Waals surface area contributed by atoms with Crippen molar-refractivity contribution in [2.75, 3.05) is 39.5 Å². The highest BCUT2D eigenvalue weighted by atomic mass is 16.6. The van der Waals surface area contributed by atoms with Gasteiger partial charge in [0.1, 0.15) is 11.9 Å². The van der Waals surface area contributed by atoms with Crippen molar-refractivity contribution >= 4 is 0 Å². The van der Waals surface area contributed by atoms with Crippen molar-refractivity contribution in [2.24, 2.45) is 0 Å². The van der Waals surface area contributed by atoms with Crippen LogP contribution in [0.25, 0.3) is 0 Å². The topological polar surface area (TPSA) is 30.9 Å². The highest BCUT2D eigenvalue weighted by molar-refractivity contribution is 5.40. The van der Waals surface area contributed by atoms with Gasteiger partial charge in [0, 0.05) is 19.6 Å². The minimum Gasteiger partial charge on any atom is -0.487 e. The van der Waals surface area contributed by atoms with Crippen LogP contribution in [0, 0.1) is 13.8 Å². The molecule has 4 heteroatoms. The van der Waals surface area contributed by atoms with E-state index in [-0.39, 0.29) is 6.10 Å². The van der Waals surface area contributed by atoms with E-state index in [0.717, 1.165) is 51.6 Å². The fourth-order valence-electron chi connectivity index (χ4n) is 2.96. The van der Waals surface area contributed by atoms with Gasteiger partial charge in [-0.2, -0.15) is 0 Å². The van der Waals surface area contributed by atoms with E-state index >= 15 is 0 Å². The molecule has 0 aromatic heterocycles. The van der Waals surface area contributed by atoms with Crippen molar-refractivity contribution in [3.05, 3.63) is 29.3 Å². The van der Waals surface area contributed by atoms with E-state index in [1.54, 1.807) is 0 Å². The van der Waals surface area contributed by atoms with Gasteiger partial charge in [0.25, 0.3) is 0 Å². The highest BCUT2D eigenvalue weighted by Gasteiger charge is 2.29. The van der Waals surface area contributed by atoms with E-state index in [4.69, 9.17) is 14.2 Å². The standard InChI is InChI=1S/C17H25NO3/c1-13-4-3-5-14(2)17(13)21-16-10-18(11-16)7-6-15-12-19-8-9-20-15/h3-5,15-16H,6-12H2,1-2H3. The number of benzene rings is 1. The van der Waals surface area contributed by atoms with Crippen molar-refractivity contribution < 1.29 is 14.2 Å². The van der Waals surface area contributed by atoms with Gasteiger partial charge in [-0.1, -0.05) is 18.2 Å². The first-order chi connectivity index (χ1) is 10.2. The summed E-state index contributed by atoms with van der Waals surface area (Å²) in [6.45, 7) is 9.55. The molecular weight excluding hydrogens is 266 g/mol. The number of aryl methyl sites for hydroxylation is 2. The Morgan fingerprint density at radius 3 is 2.62 bits per heavy atom. The van der Waals surface area contributed by atoms with Crippen LogP contribution in [0.2, 0.25) is 0 Å². The van der Waals surface area contributed by atoms with Gasteiger partial charge in [-0.05, 0) is 31.4 Å². The number of ether oxygens (including phenoxy) is 3. The molecule has 3 rings (SSSR count). The molecule has 1 atom stereocenters. The third kappa shape index (κ3) is 3.76. The lowest BCUT2D eigenvalue weighted by Gasteiger charge is -2.40. The van der Waals surface area contributed by atoms with E-state index < -0.39 is 0 Å². The normalized spacial score (nSPS) is 23.8. The average molecular weight is 291 g/mol. The van der Waals surface area contributed by atoms with E-state index in [2.05, 4.69) is 36.9 Å². The molecule has 2 saturated heterocycles. The number of hydrogen-bond acceptors (Lipinski definition) is 4. The molecule has 0 N–H and O–H groups in total. The van der Waals surface area contributed by atoms with Crippen molar-refractivity contribution in [1.29, 1.82) is 0 Å². The average Bonchev–Trinajstić information content (AvgIpc) is 2.45. The van der Waals surface area contributed by atoms with Gasteiger partial charge < -0.3 is 14.2 Å². The van der Waals surface area contributed by atoms with Crippen molar-refractivity contribution in [1.82, 2.24) is 4.90 Å². The molecule has 0 bridgehead atoms. The van der Waals surface area contributed by atoms with Crippen LogP contribution in [0.15, 0.2) is 18.2 Å². The molecule has 0 aliphatic carbocycles. The molecule has 0 amide bonds. The van der Waals surface area contributed by atoms with Gasteiger partial charge >= 0.3 is 0 Å². The van der Waals surface area contributed by atoms with Crippen LogP contribution in [0.1, 0.15) is 17.5 Å². The Morgan fingerprint density at radius 2 is 1.95 bits per heavy atom. The number of likely N-dealkylation sites (tertiary alicyclic amines) is 1. The van der Waals surface area contributed by atoms with Crippen LogP contribution in [-0.4, -0.2) is 56.6 Å². The van der Waals surface area contributed by atoms with Gasteiger partial charge in [-0.25, -0.2) is 0 Å². The first-order valence-corrected chi connectivity index (χ1v) is 7.87. The quantitative estimate of drug-likeness (QED) is 0.832. The zero-order chi connectivity index (χ0) is 14.7. The Kier molecular flexibility index (Phi) is 4.78. The predicted octanol–water partition coefficient (Wildman–Crippen LogP) is 2.17. The van der Waals surface area contributed by atoms with E-state index in [9.17, 15) is 0 Å². The van der Waals surface area contributed by atoms with Crippen LogP contribution >= 0.6 is 0 Å². The van der Waals surface area contributed by atoms with Gasteiger partial charge in [0.2, 0.25) is 0 Å². The van der Waals surface area contributed by atoms with Gasteiger partial charge in [0.05, 0.1) is 25.9 Å². The molecule has 2 aliphatic rings. The van der Waals surface area contributed by atoms with Crippen LogP contribution in [0.4, 0.5) is 0 Å². The molecule has 116 valence electrons. The van der Waals surface area contributed by atoms with Crippen LogP contribution < -0.4 is 4.74 Å². The second-order valence-electron chi connectivity index (χ2n) is 6.08. The van der Waals surface area contributed by atoms with Crippen molar-refractivity contribution in [3.8, 4) is 5.75 Å². The summed E-state index contributed by atoms with van der Waals surface area (Å²) in [6.07, 6.45) is 1.65. The van der Waals surface area contributed by atoms with Gasteiger partial charge in [0.15, 0.2) is 0 Å². The molecule has 4 nitrogen and oxygen atoms in total. The largest absolute Gasteiger partial charge is 0.487 e. The zero-order valence-corrected chi connectivity index (χ0v) is 13.0. The number of hydrogen-bond donors (Lipinski definition) is 0. The summed E-state index contributed by atoms with van der Waals surface area (Å²) in [6, 6.07) is 6.30. The molecular formula is C17H25NO3. The first kappa shape index (κ1) is 14.8. The second-order valence-corrected chi connectivity index (χ2v) is 6.08. The summed E-state index contributed by atoms with van der Waals surface area (Å²) in [5.41, 5.74) is 2.45. The first-order valence-electron chi connectivity index (χ1n) is 7.87. The molecule has 0 spiro atoms. The molecule has 0 saturated carbocycles. The fourth-order valence-corrected chi connectivity index (χ4v) is 2.96. The lowest BCUT2D eigenvalue weighted by molar-refractivity contribution is -0.0964. The second kappa shape index (κ2) is 6.77. The number of para-hydroxylation sites is 1. The lowest BCUT2D eigenvalue weighted by atomic mass is 10.1. The molecule has 1 aromatic rings. The zero-order valence-electron chi connectivity index (χ0n) is 13.0. The Morgan fingerprint density at radius 1 is 1.19 bits per heavy atom. The van der Waals surface area contributed by atoms with Crippen molar-refractivity contribution in [2.45, 2.75) is 32.5 Å². The summed E-state index contributed by atoms with van der Waals surface area (Å²) < 4.78 is 17.2. The maximum Gasteiger partial charge on any atom is 0.125 e. The fraction of sp³-hybridized carbons (Fsp3) is 0.647. The minimum absolute atomic E-state index is 0.275. The van der Waals surface area contributed by atoms with Crippen LogP contribution in [-0.2, 0) is 9.47 Å². The monoisotopic (exact) mass is 291 g/mol. The molecule has 2 aliphatic heterocycles. The third-order valence-electron chi connectivity index (χ3n) is 4.27. The Balaban J connectivity index is 1.39. The van der Waals surface area contributed by atoms with E-state index in [0.29, 0.717) is 6.10 Å². The van der Waals surface area contributed by atoms with Gasteiger partial charge in [-0.3, -0.25) is 4.90 Å². The molecule has 2 heterocycles. The van der Waals surface area contributed by atoms with E-state index in [1.807, 2.05) is 0 Å². The van der Waals surface area contributed by atoms with E-state index in [1.165, 1.54) is 11.1 Å². The predicted molar refractivity (Wildman–Crippen MR) is 81.9 cm³/mol. The molecule has 2 fully saturated rings. The molecule has 1 unspecified atom stereocenters. The highest BCUT2D eigenvalue weighted by Crippen LogP contribution is 2.26. The summed E-state index contributed by atoms with van der Waals surface area (Å²) in [5.74, 6) is 1.06. The summed E-state index contributed by atoms with van der Waals surface area (Å²) in [5, 5.41) is 0. The smallest absolute Gasteiger partial charge is 0.125 e.